The molecule has 88 valence electrons. The summed E-state index contributed by atoms with van der Waals surface area (Å²) >= 11 is 0. The highest BCUT2D eigenvalue weighted by atomic mass is 16.2. The van der Waals surface area contributed by atoms with Crippen molar-refractivity contribution in [2.45, 2.75) is 38.6 Å². The monoisotopic (exact) mass is 213 g/mol. The fourth-order valence-electron chi connectivity index (χ4n) is 1.99. The first-order valence-corrected chi connectivity index (χ1v) is 5.97. The van der Waals surface area contributed by atoms with Gasteiger partial charge in [0.05, 0.1) is 6.04 Å². The summed E-state index contributed by atoms with van der Waals surface area (Å²) in [5.74, 6) is 0.604. The molecule has 1 rings (SSSR count). The van der Waals surface area contributed by atoms with Crippen molar-refractivity contribution in [1.82, 2.24) is 10.6 Å². The molecule has 0 saturated carbocycles. The normalized spacial score (nSPS) is 26.3. The summed E-state index contributed by atoms with van der Waals surface area (Å²) in [5.41, 5.74) is 5.39. The Hall–Kier alpha value is -0.610. The molecular formula is C11H23N3O. The maximum Gasteiger partial charge on any atom is 0.237 e. The van der Waals surface area contributed by atoms with Crippen LogP contribution >= 0.6 is 0 Å². The van der Waals surface area contributed by atoms with E-state index < -0.39 is 0 Å². The van der Waals surface area contributed by atoms with Gasteiger partial charge in [-0.25, -0.2) is 0 Å². The van der Waals surface area contributed by atoms with Crippen molar-refractivity contribution in [1.29, 1.82) is 0 Å². The molecule has 4 N–H and O–H groups in total. The number of nitrogens with one attached hydrogen (secondary N) is 2. The van der Waals surface area contributed by atoms with Gasteiger partial charge in [-0.15, -0.1) is 0 Å². The van der Waals surface area contributed by atoms with Gasteiger partial charge in [0.15, 0.2) is 0 Å². The minimum atomic E-state index is 0.0108. The lowest BCUT2D eigenvalue weighted by atomic mass is 9.92. The van der Waals surface area contributed by atoms with Crippen molar-refractivity contribution < 1.29 is 4.79 Å². The van der Waals surface area contributed by atoms with Crippen LogP contribution in [0.1, 0.15) is 32.6 Å². The first-order chi connectivity index (χ1) is 7.25. The Bertz CT molecular complexity index is 196. The van der Waals surface area contributed by atoms with Gasteiger partial charge < -0.3 is 16.4 Å². The number of hydrogen-bond acceptors (Lipinski definition) is 3. The van der Waals surface area contributed by atoms with Crippen LogP contribution in [0.25, 0.3) is 0 Å². The lowest BCUT2D eigenvalue weighted by Crippen LogP contribution is -2.51. The predicted octanol–water partition coefficient (Wildman–Crippen LogP) is 0.230. The van der Waals surface area contributed by atoms with Crippen LogP contribution in [0.5, 0.6) is 0 Å². The standard InChI is InChI=1S/C11H23N3O/c1-9-5-4-8-13-10(9)11(15)14-7-3-2-6-12/h9-10,13H,2-8,12H2,1H3,(H,14,15). The Balaban J connectivity index is 2.20. The molecule has 1 heterocycles. The Morgan fingerprint density at radius 3 is 3.00 bits per heavy atom. The van der Waals surface area contributed by atoms with E-state index in [1.54, 1.807) is 0 Å². The van der Waals surface area contributed by atoms with Gasteiger partial charge >= 0.3 is 0 Å². The topological polar surface area (TPSA) is 67.2 Å². The zero-order valence-corrected chi connectivity index (χ0v) is 9.59. The zero-order valence-electron chi connectivity index (χ0n) is 9.59. The van der Waals surface area contributed by atoms with Crippen molar-refractivity contribution in [3.8, 4) is 0 Å². The van der Waals surface area contributed by atoms with E-state index in [1.807, 2.05) is 0 Å². The van der Waals surface area contributed by atoms with E-state index in [0.717, 1.165) is 32.4 Å². The first-order valence-electron chi connectivity index (χ1n) is 5.97. The number of carbonyl (C=O) groups excluding carboxylic acids is 1. The SMILES string of the molecule is CC1CCCNC1C(=O)NCCCCN. The largest absolute Gasteiger partial charge is 0.355 e. The lowest BCUT2D eigenvalue weighted by Gasteiger charge is -2.28. The molecule has 0 radical (unpaired) electrons. The number of carbonyl (C=O) groups is 1. The quantitative estimate of drug-likeness (QED) is 0.573. The molecule has 2 atom stereocenters. The molecule has 0 bridgehead atoms. The Morgan fingerprint density at radius 2 is 2.33 bits per heavy atom. The van der Waals surface area contributed by atoms with Crippen LogP contribution in [0.15, 0.2) is 0 Å². The highest BCUT2D eigenvalue weighted by Crippen LogP contribution is 2.15. The minimum Gasteiger partial charge on any atom is -0.355 e. The molecule has 1 amide bonds. The summed E-state index contributed by atoms with van der Waals surface area (Å²) in [6.07, 6.45) is 4.28. The van der Waals surface area contributed by atoms with Gasteiger partial charge in [-0.05, 0) is 44.7 Å². The highest BCUT2D eigenvalue weighted by molar-refractivity contribution is 5.82. The number of rotatable bonds is 5. The fourth-order valence-corrected chi connectivity index (χ4v) is 1.99. The second-order valence-corrected chi connectivity index (χ2v) is 4.34. The highest BCUT2D eigenvalue weighted by Gasteiger charge is 2.26. The number of piperidine rings is 1. The van der Waals surface area contributed by atoms with Crippen molar-refractivity contribution in [3.63, 3.8) is 0 Å². The summed E-state index contributed by atoms with van der Waals surface area (Å²) in [4.78, 5) is 11.8. The third kappa shape index (κ3) is 4.18. The van der Waals surface area contributed by atoms with Crippen molar-refractivity contribution >= 4 is 5.91 Å². The maximum absolute atomic E-state index is 11.8. The van der Waals surface area contributed by atoms with E-state index in [2.05, 4.69) is 17.6 Å². The molecule has 2 unspecified atom stereocenters. The molecule has 0 aromatic carbocycles. The van der Waals surface area contributed by atoms with E-state index in [-0.39, 0.29) is 11.9 Å². The lowest BCUT2D eigenvalue weighted by molar-refractivity contribution is -0.124. The van der Waals surface area contributed by atoms with Crippen LogP contribution in [-0.4, -0.2) is 31.6 Å². The van der Waals surface area contributed by atoms with Crippen LogP contribution in [0, 0.1) is 5.92 Å². The summed E-state index contributed by atoms with van der Waals surface area (Å²) in [6, 6.07) is 0.0108. The zero-order chi connectivity index (χ0) is 11.1. The third-order valence-corrected chi connectivity index (χ3v) is 2.98. The second kappa shape index (κ2) is 6.80. The van der Waals surface area contributed by atoms with E-state index in [4.69, 9.17) is 5.73 Å². The number of unbranched alkanes of at least 4 members (excludes halogenated alkanes) is 1. The summed E-state index contributed by atoms with van der Waals surface area (Å²) in [7, 11) is 0. The van der Waals surface area contributed by atoms with E-state index in [0.29, 0.717) is 12.5 Å². The van der Waals surface area contributed by atoms with Crippen LogP contribution in [0.3, 0.4) is 0 Å². The number of hydrogen-bond donors (Lipinski definition) is 3. The van der Waals surface area contributed by atoms with Gasteiger partial charge in [0, 0.05) is 6.54 Å². The van der Waals surface area contributed by atoms with Gasteiger partial charge in [0.25, 0.3) is 0 Å². The molecule has 4 nitrogen and oxygen atoms in total. The van der Waals surface area contributed by atoms with Gasteiger partial charge in [0.1, 0.15) is 0 Å². The van der Waals surface area contributed by atoms with Crippen LogP contribution < -0.4 is 16.4 Å². The van der Waals surface area contributed by atoms with Crippen molar-refractivity contribution in [2.24, 2.45) is 11.7 Å². The van der Waals surface area contributed by atoms with Crippen LogP contribution in [-0.2, 0) is 4.79 Å². The molecule has 0 aliphatic carbocycles. The minimum absolute atomic E-state index is 0.0108. The van der Waals surface area contributed by atoms with Crippen molar-refractivity contribution in [2.75, 3.05) is 19.6 Å². The maximum atomic E-state index is 11.8. The van der Waals surface area contributed by atoms with E-state index in [1.165, 1.54) is 6.42 Å². The Labute approximate surface area is 92.0 Å². The second-order valence-electron chi connectivity index (χ2n) is 4.34. The Kier molecular flexibility index (Phi) is 5.65. The summed E-state index contributed by atoms with van der Waals surface area (Å²) < 4.78 is 0. The molecule has 1 aliphatic heterocycles. The molecule has 0 aromatic heterocycles. The molecule has 1 saturated heterocycles. The average molecular weight is 213 g/mol. The van der Waals surface area contributed by atoms with E-state index in [9.17, 15) is 4.79 Å². The van der Waals surface area contributed by atoms with Gasteiger partial charge in [-0.2, -0.15) is 0 Å². The average Bonchev–Trinajstić information content (AvgIpc) is 2.25. The van der Waals surface area contributed by atoms with E-state index >= 15 is 0 Å². The van der Waals surface area contributed by atoms with Gasteiger partial charge in [0.2, 0.25) is 5.91 Å². The number of amides is 1. The van der Waals surface area contributed by atoms with Crippen molar-refractivity contribution in [3.05, 3.63) is 0 Å². The molecule has 1 fully saturated rings. The van der Waals surface area contributed by atoms with Gasteiger partial charge in [-0.1, -0.05) is 6.92 Å². The predicted molar refractivity (Wildman–Crippen MR) is 61.5 cm³/mol. The molecule has 4 heteroatoms. The molecular weight excluding hydrogens is 190 g/mol. The van der Waals surface area contributed by atoms with Crippen LogP contribution in [0.4, 0.5) is 0 Å². The first kappa shape index (κ1) is 12.5. The summed E-state index contributed by atoms with van der Waals surface area (Å²) in [6.45, 7) is 4.55. The van der Waals surface area contributed by atoms with Gasteiger partial charge in [-0.3, -0.25) is 4.79 Å². The molecule has 0 aromatic rings. The smallest absolute Gasteiger partial charge is 0.237 e. The number of nitrogens with two attached hydrogens (primary N) is 1. The fraction of sp³-hybridized carbons (Fsp3) is 0.909. The summed E-state index contributed by atoms with van der Waals surface area (Å²) in [5, 5.41) is 6.23. The third-order valence-electron chi connectivity index (χ3n) is 2.98. The molecule has 15 heavy (non-hydrogen) atoms. The molecule has 0 spiro atoms. The molecule has 1 aliphatic rings. The van der Waals surface area contributed by atoms with Crippen LogP contribution in [0.2, 0.25) is 0 Å². The Morgan fingerprint density at radius 1 is 1.53 bits per heavy atom.